The highest BCUT2D eigenvalue weighted by atomic mass is 16.5. The van der Waals surface area contributed by atoms with Gasteiger partial charge in [0.05, 0.1) is 34.4 Å². The van der Waals surface area contributed by atoms with Gasteiger partial charge in [-0.2, -0.15) is 0 Å². The summed E-state index contributed by atoms with van der Waals surface area (Å²) in [7, 11) is 6.24. The summed E-state index contributed by atoms with van der Waals surface area (Å²) in [5.41, 5.74) is 3.15. The fourth-order valence-electron chi connectivity index (χ4n) is 4.59. The molecule has 0 saturated heterocycles. The molecule has 0 aromatic heterocycles. The number of carbonyl (C=O) groups is 2. The molecule has 0 N–H and O–H groups in total. The molecule has 6 heteroatoms. The van der Waals surface area contributed by atoms with Crippen molar-refractivity contribution in [3.8, 4) is 23.0 Å². The van der Waals surface area contributed by atoms with E-state index in [1.165, 1.54) is 0 Å². The van der Waals surface area contributed by atoms with Crippen LogP contribution in [0.2, 0.25) is 0 Å². The van der Waals surface area contributed by atoms with Crippen LogP contribution >= 0.6 is 0 Å². The highest BCUT2D eigenvalue weighted by Crippen LogP contribution is 2.46. The fourth-order valence-corrected chi connectivity index (χ4v) is 4.59. The maximum Gasteiger partial charge on any atom is 0.171 e. The molecule has 2 atom stereocenters. The number of carbonyl (C=O) groups excluding carboxylic acids is 2. The summed E-state index contributed by atoms with van der Waals surface area (Å²) in [6.45, 7) is 0. The van der Waals surface area contributed by atoms with Gasteiger partial charge in [0.2, 0.25) is 0 Å². The number of methoxy groups -OCH3 is 4. The minimum atomic E-state index is -0.537. The molecule has 2 aromatic carbocycles. The second-order valence-electron chi connectivity index (χ2n) is 7.40. The number of ketones is 2. The zero-order chi connectivity index (χ0) is 20.7. The molecule has 0 fully saturated rings. The molecule has 0 spiro atoms. The number of benzene rings is 2. The van der Waals surface area contributed by atoms with E-state index in [2.05, 4.69) is 0 Å². The predicted molar refractivity (Wildman–Crippen MR) is 107 cm³/mol. The lowest BCUT2D eigenvalue weighted by atomic mass is 9.71. The Kier molecular flexibility index (Phi) is 4.94. The Morgan fingerprint density at radius 1 is 0.759 bits per heavy atom. The van der Waals surface area contributed by atoms with Gasteiger partial charge in [0.1, 0.15) is 5.78 Å². The summed E-state index contributed by atoms with van der Waals surface area (Å²) >= 11 is 0. The largest absolute Gasteiger partial charge is 0.493 e. The first-order valence-electron chi connectivity index (χ1n) is 9.59. The van der Waals surface area contributed by atoms with E-state index >= 15 is 0 Å². The van der Waals surface area contributed by atoms with Gasteiger partial charge in [-0.3, -0.25) is 9.59 Å². The van der Waals surface area contributed by atoms with Crippen molar-refractivity contribution in [2.24, 2.45) is 5.92 Å². The Bertz CT molecular complexity index is 993. The van der Waals surface area contributed by atoms with Gasteiger partial charge in [0.25, 0.3) is 0 Å². The first kappa shape index (κ1) is 19.3. The molecule has 2 aliphatic rings. The Hall–Kier alpha value is -3.02. The van der Waals surface area contributed by atoms with E-state index in [1.807, 2.05) is 18.2 Å². The number of aryl methyl sites for hydroxylation is 1. The molecule has 6 nitrogen and oxygen atoms in total. The summed E-state index contributed by atoms with van der Waals surface area (Å²) in [6, 6.07) is 7.25. The fraction of sp³-hybridized carbons (Fsp3) is 0.391. The highest BCUT2D eigenvalue weighted by molar-refractivity contribution is 6.07. The molecular formula is C23H24O6. The van der Waals surface area contributed by atoms with Gasteiger partial charge in [0, 0.05) is 17.9 Å². The quantitative estimate of drug-likeness (QED) is 0.789. The van der Waals surface area contributed by atoms with Crippen LogP contribution < -0.4 is 18.9 Å². The molecule has 29 heavy (non-hydrogen) atoms. The van der Waals surface area contributed by atoms with E-state index in [-0.39, 0.29) is 17.5 Å². The average Bonchev–Trinajstić information content (AvgIpc) is 2.88. The lowest BCUT2D eigenvalue weighted by Gasteiger charge is -2.31. The third-order valence-electron chi connectivity index (χ3n) is 6.04. The molecule has 0 bridgehead atoms. The zero-order valence-corrected chi connectivity index (χ0v) is 17.0. The maximum atomic E-state index is 13.7. The van der Waals surface area contributed by atoms with Gasteiger partial charge in [-0.25, -0.2) is 0 Å². The first-order chi connectivity index (χ1) is 14.0. The molecule has 0 saturated carbocycles. The number of hydrogen-bond donors (Lipinski definition) is 0. The minimum Gasteiger partial charge on any atom is -0.493 e. The third kappa shape index (κ3) is 3.03. The van der Waals surface area contributed by atoms with Gasteiger partial charge in [-0.15, -0.1) is 0 Å². The maximum absolute atomic E-state index is 13.7. The monoisotopic (exact) mass is 396 g/mol. The van der Waals surface area contributed by atoms with Crippen LogP contribution in [0.3, 0.4) is 0 Å². The summed E-state index contributed by atoms with van der Waals surface area (Å²) in [6.07, 6.45) is 1.55. The molecule has 0 unspecified atom stereocenters. The number of ether oxygens (including phenoxy) is 4. The zero-order valence-electron chi connectivity index (χ0n) is 17.0. The van der Waals surface area contributed by atoms with Gasteiger partial charge < -0.3 is 18.9 Å². The average molecular weight is 396 g/mol. The summed E-state index contributed by atoms with van der Waals surface area (Å²) in [5, 5.41) is 0. The van der Waals surface area contributed by atoms with Gasteiger partial charge in [-0.05, 0) is 53.8 Å². The predicted octanol–water partition coefficient (Wildman–Crippen LogP) is 3.38. The SMILES string of the molecule is COc1cc2c(cc1OC)C(=O)[C@@H]1c3cc(OC)c(OC)cc3CC(=O)[C@@H]1CC2. The van der Waals surface area contributed by atoms with Crippen LogP contribution in [0.1, 0.15) is 39.4 Å². The van der Waals surface area contributed by atoms with Crippen molar-refractivity contribution in [3.05, 3.63) is 46.5 Å². The van der Waals surface area contributed by atoms with Crippen LogP contribution in [0.25, 0.3) is 0 Å². The molecule has 0 amide bonds. The van der Waals surface area contributed by atoms with Crippen LogP contribution in [0.5, 0.6) is 23.0 Å². The number of rotatable bonds is 4. The van der Waals surface area contributed by atoms with Gasteiger partial charge in [-0.1, -0.05) is 0 Å². The van der Waals surface area contributed by atoms with Crippen molar-refractivity contribution in [1.29, 1.82) is 0 Å². The van der Waals surface area contributed by atoms with Gasteiger partial charge in [0.15, 0.2) is 28.8 Å². The van der Waals surface area contributed by atoms with Crippen LogP contribution in [0.4, 0.5) is 0 Å². The van der Waals surface area contributed by atoms with Gasteiger partial charge >= 0.3 is 0 Å². The van der Waals surface area contributed by atoms with Crippen molar-refractivity contribution in [1.82, 2.24) is 0 Å². The van der Waals surface area contributed by atoms with Crippen LogP contribution in [-0.4, -0.2) is 40.0 Å². The van der Waals surface area contributed by atoms with E-state index in [1.54, 1.807) is 34.5 Å². The van der Waals surface area contributed by atoms with Crippen molar-refractivity contribution in [2.75, 3.05) is 28.4 Å². The van der Waals surface area contributed by atoms with Crippen molar-refractivity contribution >= 4 is 11.6 Å². The molecule has 2 aliphatic carbocycles. The van der Waals surface area contributed by atoms with E-state index in [4.69, 9.17) is 18.9 Å². The highest BCUT2D eigenvalue weighted by Gasteiger charge is 2.43. The summed E-state index contributed by atoms with van der Waals surface area (Å²) < 4.78 is 21.6. The smallest absolute Gasteiger partial charge is 0.171 e. The molecular weight excluding hydrogens is 372 g/mol. The topological polar surface area (TPSA) is 71.1 Å². The third-order valence-corrected chi connectivity index (χ3v) is 6.04. The van der Waals surface area contributed by atoms with E-state index in [0.29, 0.717) is 47.8 Å². The lowest BCUT2D eigenvalue weighted by molar-refractivity contribution is -0.123. The van der Waals surface area contributed by atoms with E-state index in [0.717, 1.165) is 16.7 Å². The second kappa shape index (κ2) is 7.43. The van der Waals surface area contributed by atoms with E-state index in [9.17, 15) is 9.59 Å². The molecule has 0 aliphatic heterocycles. The molecule has 0 heterocycles. The normalized spacial score (nSPS) is 20.1. The molecule has 152 valence electrons. The van der Waals surface area contributed by atoms with E-state index < -0.39 is 5.92 Å². The Balaban J connectivity index is 1.89. The number of Topliss-reactive ketones (excluding diaryl/α,β-unsaturated/α-hetero) is 2. The van der Waals surface area contributed by atoms with Crippen molar-refractivity contribution < 1.29 is 28.5 Å². The summed E-state index contributed by atoms with van der Waals surface area (Å²) in [5.74, 6) is 1.35. The van der Waals surface area contributed by atoms with Crippen molar-refractivity contribution in [2.45, 2.75) is 25.2 Å². The number of hydrogen-bond acceptors (Lipinski definition) is 6. The Labute approximate surface area is 169 Å². The minimum absolute atomic E-state index is 0.0648. The second-order valence-corrected chi connectivity index (χ2v) is 7.40. The Morgan fingerprint density at radius 3 is 1.93 bits per heavy atom. The number of fused-ring (bicyclic) bond motifs is 4. The van der Waals surface area contributed by atoms with Crippen LogP contribution in [0, 0.1) is 5.92 Å². The van der Waals surface area contributed by atoms with Crippen molar-refractivity contribution in [3.63, 3.8) is 0 Å². The lowest BCUT2D eigenvalue weighted by Crippen LogP contribution is -2.33. The molecule has 0 radical (unpaired) electrons. The van der Waals surface area contributed by atoms with Crippen LogP contribution in [0.15, 0.2) is 24.3 Å². The molecule has 4 rings (SSSR count). The Morgan fingerprint density at radius 2 is 1.31 bits per heavy atom. The summed E-state index contributed by atoms with van der Waals surface area (Å²) in [4.78, 5) is 26.6. The standard InChI is InChI=1S/C23H24O6/c1-26-18-8-12-5-6-14-17(24)7-13-9-19(27-2)20(28-3)10-15(13)22(14)23(25)16(12)11-21(18)29-4/h8-11,14,22H,5-7H2,1-4H3/t14-,22-/m0/s1. The first-order valence-corrected chi connectivity index (χ1v) is 9.59. The molecule has 2 aromatic rings. The van der Waals surface area contributed by atoms with Crippen LogP contribution in [-0.2, 0) is 17.6 Å².